The predicted octanol–water partition coefficient (Wildman–Crippen LogP) is 0.560. The maximum absolute atomic E-state index is 11.5. The normalized spacial score (nSPS) is 9.78. The van der Waals surface area contributed by atoms with E-state index in [2.05, 4.69) is 14.5 Å². The molecule has 0 radical (unpaired) electrons. The third-order valence-electron chi connectivity index (χ3n) is 1.84. The van der Waals surface area contributed by atoms with E-state index < -0.39 is 11.8 Å². The number of benzene rings is 1. The minimum absolute atomic E-state index is 0.0539. The van der Waals surface area contributed by atoms with Crippen LogP contribution in [-0.2, 0) is 24.1 Å². The molecule has 96 valence electrons. The summed E-state index contributed by atoms with van der Waals surface area (Å²) >= 11 is 0. The third-order valence-corrected chi connectivity index (χ3v) is 1.84. The first-order chi connectivity index (χ1) is 8.75. The van der Waals surface area contributed by atoms with Crippen molar-refractivity contribution in [3.63, 3.8) is 0 Å². The summed E-state index contributed by atoms with van der Waals surface area (Å²) in [7, 11) is 0. The molecule has 0 saturated heterocycles. The molecule has 1 aromatic rings. The molecule has 0 heterocycles. The van der Waals surface area contributed by atoms with Crippen molar-refractivity contribution in [1.29, 1.82) is 0 Å². The number of ketones is 1. The molecular formula is C12H12O6. The molecule has 0 saturated carbocycles. The highest BCUT2D eigenvalue weighted by Crippen LogP contribution is 2.01. The highest BCUT2D eigenvalue weighted by molar-refractivity contribution is 6.40. The standard InChI is InChI=1S/C12H12O6/c13-6-7-17-18-9-8-16-12(15)11(14)10-4-2-1-3-5-10/h1-6H,7-9H2. The summed E-state index contributed by atoms with van der Waals surface area (Å²) in [6.45, 7) is -0.380. The molecule has 0 amide bonds. The van der Waals surface area contributed by atoms with Gasteiger partial charge < -0.3 is 9.53 Å². The summed E-state index contributed by atoms with van der Waals surface area (Å²) in [6, 6.07) is 8.08. The fraction of sp³-hybridized carbons (Fsp3) is 0.250. The maximum atomic E-state index is 11.5. The van der Waals surface area contributed by atoms with Crippen molar-refractivity contribution in [2.24, 2.45) is 0 Å². The van der Waals surface area contributed by atoms with Gasteiger partial charge >= 0.3 is 5.97 Å². The largest absolute Gasteiger partial charge is 0.457 e. The minimum Gasteiger partial charge on any atom is -0.457 e. The SMILES string of the molecule is O=CCOOCCOC(=O)C(=O)c1ccccc1. The minimum atomic E-state index is -0.958. The molecular weight excluding hydrogens is 240 g/mol. The predicted molar refractivity (Wildman–Crippen MR) is 59.7 cm³/mol. The molecule has 18 heavy (non-hydrogen) atoms. The van der Waals surface area contributed by atoms with Crippen LogP contribution in [0.4, 0.5) is 0 Å². The number of Topliss-reactive ketones (excluding diaryl/α,β-unsaturated/α-hetero) is 1. The van der Waals surface area contributed by atoms with Crippen LogP contribution < -0.4 is 0 Å². The monoisotopic (exact) mass is 252 g/mol. The van der Waals surface area contributed by atoms with Crippen LogP contribution in [-0.4, -0.2) is 37.9 Å². The summed E-state index contributed by atoms with van der Waals surface area (Å²) in [4.78, 5) is 41.5. The lowest BCUT2D eigenvalue weighted by atomic mass is 10.1. The van der Waals surface area contributed by atoms with Crippen LogP contribution >= 0.6 is 0 Å². The highest BCUT2D eigenvalue weighted by Gasteiger charge is 2.16. The van der Waals surface area contributed by atoms with Gasteiger partial charge in [0, 0.05) is 5.56 Å². The summed E-state index contributed by atoms with van der Waals surface area (Å²) in [5.74, 6) is -1.68. The quantitative estimate of drug-likeness (QED) is 0.128. The summed E-state index contributed by atoms with van der Waals surface area (Å²) in [5.41, 5.74) is 0.264. The number of carbonyl (C=O) groups is 3. The van der Waals surface area contributed by atoms with Gasteiger partial charge in [-0.25, -0.2) is 14.6 Å². The van der Waals surface area contributed by atoms with E-state index in [-0.39, 0.29) is 25.4 Å². The number of rotatable bonds is 8. The van der Waals surface area contributed by atoms with Gasteiger partial charge in [-0.05, 0) is 0 Å². The zero-order valence-electron chi connectivity index (χ0n) is 9.53. The molecule has 0 fully saturated rings. The lowest BCUT2D eigenvalue weighted by Gasteiger charge is -2.03. The molecule has 1 aromatic carbocycles. The van der Waals surface area contributed by atoms with Crippen LogP contribution in [0, 0.1) is 0 Å². The van der Waals surface area contributed by atoms with E-state index in [9.17, 15) is 14.4 Å². The van der Waals surface area contributed by atoms with Crippen molar-refractivity contribution in [3.05, 3.63) is 35.9 Å². The van der Waals surface area contributed by atoms with Crippen molar-refractivity contribution >= 4 is 18.0 Å². The van der Waals surface area contributed by atoms with E-state index in [1.54, 1.807) is 18.2 Å². The van der Waals surface area contributed by atoms with Gasteiger partial charge in [0.1, 0.15) is 26.1 Å². The molecule has 0 aliphatic carbocycles. The Morgan fingerprint density at radius 2 is 1.78 bits per heavy atom. The topological polar surface area (TPSA) is 78.9 Å². The molecule has 0 unspecified atom stereocenters. The second kappa shape index (κ2) is 8.10. The number of carbonyl (C=O) groups excluding carboxylic acids is 3. The average molecular weight is 252 g/mol. The number of ether oxygens (including phenoxy) is 1. The molecule has 0 bridgehead atoms. The van der Waals surface area contributed by atoms with Gasteiger partial charge in [-0.1, -0.05) is 30.3 Å². The molecule has 0 N–H and O–H groups in total. The van der Waals surface area contributed by atoms with Crippen LogP contribution in [0.15, 0.2) is 30.3 Å². The Kier molecular flexibility index (Phi) is 6.31. The van der Waals surface area contributed by atoms with Gasteiger partial charge in [-0.2, -0.15) is 0 Å². The van der Waals surface area contributed by atoms with Gasteiger partial charge in [0.2, 0.25) is 0 Å². The first kappa shape index (κ1) is 14.0. The number of hydrogen-bond acceptors (Lipinski definition) is 6. The first-order valence-electron chi connectivity index (χ1n) is 5.20. The molecule has 0 aromatic heterocycles. The van der Waals surface area contributed by atoms with Gasteiger partial charge in [-0.15, -0.1) is 0 Å². The van der Waals surface area contributed by atoms with E-state index in [4.69, 9.17) is 0 Å². The maximum Gasteiger partial charge on any atom is 0.379 e. The van der Waals surface area contributed by atoms with Gasteiger partial charge in [0.05, 0.1) is 0 Å². The summed E-state index contributed by atoms with van der Waals surface area (Å²) in [6.07, 6.45) is 0.519. The molecule has 6 nitrogen and oxygen atoms in total. The average Bonchev–Trinajstić information content (AvgIpc) is 2.42. The van der Waals surface area contributed by atoms with Crippen molar-refractivity contribution in [1.82, 2.24) is 0 Å². The van der Waals surface area contributed by atoms with Gasteiger partial charge in [0.25, 0.3) is 5.78 Å². The molecule has 0 atom stereocenters. The van der Waals surface area contributed by atoms with E-state index in [1.807, 2.05) is 0 Å². The Hall–Kier alpha value is -2.05. The Morgan fingerprint density at radius 3 is 2.44 bits per heavy atom. The molecule has 6 heteroatoms. The molecule has 1 rings (SSSR count). The van der Waals surface area contributed by atoms with Crippen LogP contribution in [0.1, 0.15) is 10.4 Å². The fourth-order valence-corrected chi connectivity index (χ4v) is 1.08. The zero-order valence-corrected chi connectivity index (χ0v) is 9.53. The van der Waals surface area contributed by atoms with E-state index in [0.717, 1.165) is 0 Å². The van der Waals surface area contributed by atoms with Crippen molar-refractivity contribution in [3.8, 4) is 0 Å². The van der Waals surface area contributed by atoms with Gasteiger partial charge in [0.15, 0.2) is 0 Å². The van der Waals surface area contributed by atoms with Crippen molar-refractivity contribution < 1.29 is 28.9 Å². The Labute approximate surface area is 103 Å². The lowest BCUT2D eigenvalue weighted by molar-refractivity contribution is -0.290. The van der Waals surface area contributed by atoms with Crippen LogP contribution in [0.3, 0.4) is 0 Å². The molecule has 0 aliphatic rings. The smallest absolute Gasteiger partial charge is 0.379 e. The Bertz CT molecular complexity index is 400. The number of hydrogen-bond donors (Lipinski definition) is 0. The summed E-state index contributed by atoms with van der Waals surface area (Å²) < 4.78 is 4.66. The lowest BCUT2D eigenvalue weighted by Crippen LogP contribution is -2.20. The van der Waals surface area contributed by atoms with Gasteiger partial charge in [-0.3, -0.25) is 4.79 Å². The number of aldehydes is 1. The molecule has 0 spiro atoms. The van der Waals surface area contributed by atoms with Crippen molar-refractivity contribution in [2.45, 2.75) is 0 Å². The first-order valence-corrected chi connectivity index (χ1v) is 5.20. The van der Waals surface area contributed by atoms with Crippen LogP contribution in [0.5, 0.6) is 0 Å². The zero-order chi connectivity index (χ0) is 13.2. The second-order valence-electron chi connectivity index (χ2n) is 3.10. The summed E-state index contributed by atoms with van der Waals surface area (Å²) in [5, 5.41) is 0. The van der Waals surface area contributed by atoms with E-state index in [1.165, 1.54) is 12.1 Å². The number of esters is 1. The Morgan fingerprint density at radius 1 is 1.06 bits per heavy atom. The fourth-order valence-electron chi connectivity index (χ4n) is 1.08. The van der Waals surface area contributed by atoms with E-state index >= 15 is 0 Å². The second-order valence-corrected chi connectivity index (χ2v) is 3.10. The van der Waals surface area contributed by atoms with E-state index in [0.29, 0.717) is 6.29 Å². The van der Waals surface area contributed by atoms with Crippen LogP contribution in [0.2, 0.25) is 0 Å². The highest BCUT2D eigenvalue weighted by atomic mass is 17.2. The Balaban J connectivity index is 2.25. The molecule has 0 aliphatic heterocycles. The third kappa shape index (κ3) is 4.86. The van der Waals surface area contributed by atoms with Crippen molar-refractivity contribution in [2.75, 3.05) is 19.8 Å². The van der Waals surface area contributed by atoms with Crippen LogP contribution in [0.25, 0.3) is 0 Å².